The molecule has 12 heteroatoms. The number of aromatic amines is 1. The standard InChI is InChI=1S/C18H20F3N3O4S2/c1-12-2-3-14(16(8-12)28-11-18(19,20)21)23-17(25)15-9-13(10-22-15)30(26,27)24-4-6-29-7-5-24/h2-3,8-10,22H,4-7,11H2,1H3,(H,23,25). The van der Waals surface area contributed by atoms with E-state index >= 15 is 0 Å². The lowest BCUT2D eigenvalue weighted by Crippen LogP contribution is -2.37. The van der Waals surface area contributed by atoms with Gasteiger partial charge in [-0.2, -0.15) is 29.2 Å². The van der Waals surface area contributed by atoms with Crippen LogP contribution in [0.3, 0.4) is 0 Å². The molecule has 1 aliphatic rings. The van der Waals surface area contributed by atoms with Crippen molar-refractivity contribution in [2.45, 2.75) is 18.0 Å². The van der Waals surface area contributed by atoms with Crippen LogP contribution in [0, 0.1) is 6.92 Å². The van der Waals surface area contributed by atoms with Crippen molar-refractivity contribution < 1.29 is 31.1 Å². The van der Waals surface area contributed by atoms with Crippen molar-refractivity contribution in [1.29, 1.82) is 0 Å². The van der Waals surface area contributed by atoms with Gasteiger partial charge in [-0.1, -0.05) is 6.07 Å². The number of nitrogens with zero attached hydrogens (tertiary/aromatic N) is 1. The quantitative estimate of drug-likeness (QED) is 0.686. The largest absolute Gasteiger partial charge is 0.482 e. The summed E-state index contributed by atoms with van der Waals surface area (Å²) in [7, 11) is -3.73. The minimum atomic E-state index is -4.53. The fraction of sp³-hybridized carbons (Fsp3) is 0.389. The molecule has 0 atom stereocenters. The number of alkyl halides is 3. The van der Waals surface area contributed by atoms with Crippen LogP contribution >= 0.6 is 11.8 Å². The molecule has 2 N–H and O–H groups in total. The third-order valence-electron chi connectivity index (χ3n) is 4.29. The molecule has 1 fully saturated rings. The van der Waals surface area contributed by atoms with E-state index in [4.69, 9.17) is 4.74 Å². The van der Waals surface area contributed by atoms with Crippen LogP contribution in [-0.2, 0) is 10.0 Å². The normalized spacial score (nSPS) is 15.7. The Morgan fingerprint density at radius 2 is 1.97 bits per heavy atom. The number of aromatic nitrogens is 1. The number of anilines is 1. The van der Waals surface area contributed by atoms with Gasteiger partial charge in [-0.25, -0.2) is 8.42 Å². The summed E-state index contributed by atoms with van der Waals surface area (Å²) >= 11 is 1.67. The summed E-state index contributed by atoms with van der Waals surface area (Å²) < 4.78 is 69.0. The number of H-pyrrole nitrogens is 1. The molecule has 1 aliphatic heterocycles. The summed E-state index contributed by atoms with van der Waals surface area (Å²) in [6.07, 6.45) is -3.30. The number of rotatable bonds is 6. The van der Waals surface area contributed by atoms with E-state index < -0.39 is 28.7 Å². The number of carbonyl (C=O) groups excluding carboxylic acids is 1. The zero-order valence-corrected chi connectivity index (χ0v) is 17.6. The van der Waals surface area contributed by atoms with Crippen LogP contribution in [0.1, 0.15) is 16.1 Å². The highest BCUT2D eigenvalue weighted by Gasteiger charge is 2.30. The minimum absolute atomic E-state index is 0.0395. The van der Waals surface area contributed by atoms with Crippen molar-refractivity contribution in [2.24, 2.45) is 0 Å². The van der Waals surface area contributed by atoms with Gasteiger partial charge in [0.2, 0.25) is 10.0 Å². The summed E-state index contributed by atoms with van der Waals surface area (Å²) in [5, 5.41) is 2.46. The first kappa shape index (κ1) is 22.5. The van der Waals surface area contributed by atoms with E-state index in [1.54, 1.807) is 24.8 Å². The van der Waals surface area contributed by atoms with Crippen LogP contribution in [0.5, 0.6) is 5.75 Å². The number of halogens is 3. The van der Waals surface area contributed by atoms with Crippen molar-refractivity contribution >= 4 is 33.4 Å². The molecule has 0 spiro atoms. The van der Waals surface area contributed by atoms with Gasteiger partial charge in [-0.3, -0.25) is 4.79 Å². The highest BCUT2D eigenvalue weighted by atomic mass is 32.2. The molecule has 1 aromatic carbocycles. The second kappa shape index (κ2) is 8.90. The Hall–Kier alpha value is -2.18. The van der Waals surface area contributed by atoms with Crippen molar-refractivity contribution in [2.75, 3.05) is 36.5 Å². The Morgan fingerprint density at radius 1 is 1.27 bits per heavy atom. The van der Waals surface area contributed by atoms with E-state index in [0.29, 0.717) is 30.2 Å². The third-order valence-corrected chi connectivity index (χ3v) is 7.10. The van der Waals surface area contributed by atoms with Gasteiger partial charge in [0.15, 0.2) is 6.61 Å². The SMILES string of the molecule is Cc1ccc(NC(=O)c2cc(S(=O)(=O)N3CCSCC3)c[nH]2)c(OCC(F)(F)F)c1. The number of carbonyl (C=O) groups is 1. The fourth-order valence-corrected chi connectivity index (χ4v) is 5.36. The van der Waals surface area contributed by atoms with Crippen LogP contribution in [0.4, 0.5) is 18.9 Å². The van der Waals surface area contributed by atoms with Gasteiger partial charge >= 0.3 is 6.18 Å². The van der Waals surface area contributed by atoms with Crippen LogP contribution in [0.2, 0.25) is 0 Å². The number of benzene rings is 1. The second-order valence-electron chi connectivity index (χ2n) is 6.62. The van der Waals surface area contributed by atoms with Crippen LogP contribution in [-0.4, -0.2) is 61.0 Å². The topological polar surface area (TPSA) is 91.5 Å². The van der Waals surface area contributed by atoms with E-state index in [1.165, 1.54) is 28.7 Å². The first-order valence-corrected chi connectivity index (χ1v) is 11.5. The summed E-state index contributed by atoms with van der Waals surface area (Å²) in [4.78, 5) is 15.1. The Kier molecular flexibility index (Phi) is 6.68. The lowest BCUT2D eigenvalue weighted by Gasteiger charge is -2.24. The molecule has 3 rings (SSSR count). The molecular weight excluding hydrogens is 443 g/mol. The van der Waals surface area contributed by atoms with E-state index in [0.717, 1.165) is 0 Å². The van der Waals surface area contributed by atoms with E-state index in [9.17, 15) is 26.4 Å². The average molecular weight is 464 g/mol. The second-order valence-corrected chi connectivity index (χ2v) is 9.79. The van der Waals surface area contributed by atoms with Crippen molar-refractivity contribution in [1.82, 2.24) is 9.29 Å². The van der Waals surface area contributed by atoms with Gasteiger partial charge in [0, 0.05) is 30.8 Å². The third kappa shape index (κ3) is 5.49. The van der Waals surface area contributed by atoms with Crippen LogP contribution in [0.15, 0.2) is 35.4 Å². The predicted octanol–water partition coefficient (Wildman–Crippen LogP) is 3.25. The molecule has 0 aliphatic carbocycles. The smallest absolute Gasteiger partial charge is 0.422 e. The molecular formula is C18H20F3N3O4S2. The van der Waals surface area contributed by atoms with Gasteiger partial charge in [0.05, 0.1) is 5.69 Å². The number of aryl methyl sites for hydroxylation is 1. The molecule has 0 saturated carbocycles. The van der Waals surface area contributed by atoms with Crippen molar-refractivity contribution in [3.8, 4) is 5.75 Å². The zero-order valence-electron chi connectivity index (χ0n) is 16.0. The summed E-state index contributed by atoms with van der Waals surface area (Å²) in [5.41, 5.74) is 0.655. The number of nitrogens with one attached hydrogen (secondary N) is 2. The number of amides is 1. The highest BCUT2D eigenvalue weighted by molar-refractivity contribution is 7.99. The first-order valence-electron chi connectivity index (χ1n) is 8.94. The molecule has 7 nitrogen and oxygen atoms in total. The number of hydrogen-bond acceptors (Lipinski definition) is 5. The Bertz CT molecular complexity index is 1020. The molecule has 2 aromatic rings. The molecule has 0 bridgehead atoms. The summed E-state index contributed by atoms with van der Waals surface area (Å²) in [5.74, 6) is 0.563. The van der Waals surface area contributed by atoms with Crippen molar-refractivity contribution in [3.63, 3.8) is 0 Å². The molecule has 1 saturated heterocycles. The molecule has 164 valence electrons. The minimum Gasteiger partial charge on any atom is -0.482 e. The average Bonchev–Trinajstić information content (AvgIpc) is 3.19. The zero-order chi connectivity index (χ0) is 21.9. The van der Waals surface area contributed by atoms with E-state index in [2.05, 4.69) is 10.3 Å². The lowest BCUT2D eigenvalue weighted by molar-refractivity contribution is -0.153. The fourth-order valence-electron chi connectivity index (χ4n) is 2.79. The summed E-state index contributed by atoms with van der Waals surface area (Å²) in [6, 6.07) is 5.61. The Balaban J connectivity index is 1.76. The van der Waals surface area contributed by atoms with E-state index in [-0.39, 0.29) is 22.0 Å². The predicted molar refractivity (Wildman–Crippen MR) is 108 cm³/mol. The maximum atomic E-state index is 12.7. The monoisotopic (exact) mass is 463 g/mol. The summed E-state index contributed by atoms with van der Waals surface area (Å²) in [6.45, 7) is 0.956. The Labute approximate surface area is 176 Å². The number of ether oxygens (including phenoxy) is 1. The Morgan fingerprint density at radius 3 is 2.63 bits per heavy atom. The highest BCUT2D eigenvalue weighted by Crippen LogP contribution is 2.29. The molecule has 0 unspecified atom stereocenters. The maximum Gasteiger partial charge on any atom is 0.422 e. The molecule has 30 heavy (non-hydrogen) atoms. The number of hydrogen-bond donors (Lipinski definition) is 2. The van der Waals surface area contributed by atoms with Gasteiger partial charge in [0.1, 0.15) is 16.3 Å². The van der Waals surface area contributed by atoms with Gasteiger partial charge in [-0.05, 0) is 30.7 Å². The van der Waals surface area contributed by atoms with Crippen molar-refractivity contribution in [3.05, 3.63) is 41.7 Å². The van der Waals surface area contributed by atoms with Gasteiger partial charge in [0.25, 0.3) is 5.91 Å². The van der Waals surface area contributed by atoms with Crippen LogP contribution < -0.4 is 10.1 Å². The number of thioether (sulfide) groups is 1. The molecule has 2 heterocycles. The van der Waals surface area contributed by atoms with Gasteiger partial charge in [-0.15, -0.1) is 0 Å². The van der Waals surface area contributed by atoms with Crippen LogP contribution in [0.25, 0.3) is 0 Å². The maximum absolute atomic E-state index is 12.7. The lowest BCUT2D eigenvalue weighted by atomic mass is 10.2. The van der Waals surface area contributed by atoms with Gasteiger partial charge < -0.3 is 15.0 Å². The first-order chi connectivity index (χ1) is 14.1. The molecule has 1 aromatic heterocycles. The van der Waals surface area contributed by atoms with E-state index in [1.807, 2.05) is 0 Å². The molecule has 0 radical (unpaired) electrons. The number of sulfonamides is 1. The molecule has 1 amide bonds.